The van der Waals surface area contributed by atoms with Crippen molar-refractivity contribution in [3.05, 3.63) is 0 Å². The smallest absolute Gasteiger partial charge is 0.402 e. The van der Waals surface area contributed by atoms with E-state index in [2.05, 4.69) is 19.6 Å². The van der Waals surface area contributed by atoms with Crippen LogP contribution in [0.4, 0.5) is 4.79 Å². The molecule has 0 aliphatic heterocycles. The van der Waals surface area contributed by atoms with E-state index in [4.69, 9.17) is 4.43 Å². The van der Waals surface area contributed by atoms with Gasteiger partial charge >= 0.3 is 6.09 Å². The fourth-order valence-electron chi connectivity index (χ4n) is 1.34. The van der Waals surface area contributed by atoms with Gasteiger partial charge in [-0.2, -0.15) is 0 Å². The predicted molar refractivity (Wildman–Crippen MR) is 68.7 cm³/mol. The Balaban J connectivity index is 4.74. The van der Waals surface area contributed by atoms with Crippen LogP contribution in [0.25, 0.3) is 0 Å². The third-order valence-electron chi connectivity index (χ3n) is 1.60. The van der Waals surface area contributed by atoms with Crippen LogP contribution < -0.4 is 0 Å². The molecule has 1 amide bonds. The molecule has 6 heteroatoms. The first-order valence-electron chi connectivity index (χ1n) is 5.15. The van der Waals surface area contributed by atoms with Gasteiger partial charge in [0.25, 0.3) is 0 Å². The van der Waals surface area contributed by atoms with Gasteiger partial charge in [-0.15, -0.1) is 0 Å². The van der Waals surface area contributed by atoms with Crippen LogP contribution in [0.2, 0.25) is 39.3 Å². The molecule has 15 heavy (non-hydrogen) atoms. The molecule has 0 rings (SSSR count). The summed E-state index contributed by atoms with van der Waals surface area (Å²) in [4.78, 5) is 12.0. The molecule has 0 saturated carbocycles. The van der Waals surface area contributed by atoms with Gasteiger partial charge in [0.15, 0.2) is 8.24 Å². The van der Waals surface area contributed by atoms with Crippen molar-refractivity contribution in [3.8, 4) is 0 Å². The highest BCUT2D eigenvalue weighted by atomic mass is 28.4. The van der Waals surface area contributed by atoms with Crippen molar-refractivity contribution < 1.29 is 9.22 Å². The molecule has 0 aromatic carbocycles. The molecule has 4 nitrogen and oxygen atoms in total. The summed E-state index contributed by atoms with van der Waals surface area (Å²) in [7, 11) is 0.248. The number of hydrogen-bond acceptors (Lipinski definition) is 3. The Morgan fingerprint density at radius 3 is 1.60 bits per heavy atom. The van der Waals surface area contributed by atoms with Gasteiger partial charge in [-0.1, -0.05) is 19.6 Å². The highest BCUT2D eigenvalue weighted by Crippen LogP contribution is 2.15. The van der Waals surface area contributed by atoms with Crippen LogP contribution in [0.3, 0.4) is 0 Å². The summed E-state index contributed by atoms with van der Waals surface area (Å²) in [6.07, 6.45) is -0.196. The molecular formula is C9H24N2O2Si2. The average Bonchev–Trinajstić information content (AvgIpc) is 1.74. The van der Waals surface area contributed by atoms with E-state index >= 15 is 0 Å². The second-order valence-electron chi connectivity index (χ2n) is 5.81. The average molecular weight is 248 g/mol. The Morgan fingerprint density at radius 2 is 1.40 bits per heavy atom. The lowest BCUT2D eigenvalue weighted by Gasteiger charge is -2.39. The number of nitrogens with zero attached hydrogens (tertiary/aromatic N) is 2. The Kier molecular flexibility index (Phi) is 4.56. The van der Waals surface area contributed by atoms with Crippen molar-refractivity contribution in [1.82, 2.24) is 9.68 Å². The molecular weight excluding hydrogens is 224 g/mol. The number of rotatable bonds is 3. The van der Waals surface area contributed by atoms with E-state index < -0.39 is 16.6 Å². The molecule has 0 fully saturated rings. The predicted octanol–water partition coefficient (Wildman–Crippen LogP) is 2.57. The molecule has 0 bridgehead atoms. The molecule has 0 aliphatic rings. The molecule has 0 aliphatic carbocycles. The first-order valence-corrected chi connectivity index (χ1v) is 12.0. The normalized spacial score (nSPS) is 12.9. The highest BCUT2D eigenvalue weighted by molar-refractivity contribution is 6.76. The lowest BCUT2D eigenvalue weighted by Crippen LogP contribution is -2.58. The third-order valence-corrected chi connectivity index (χ3v) is 4.24. The number of carbonyl (C=O) groups excluding carboxylic acids is 1. The Labute approximate surface area is 95.4 Å². The zero-order valence-electron chi connectivity index (χ0n) is 11.2. The fraction of sp³-hybridized carbons (Fsp3) is 0.889. The van der Waals surface area contributed by atoms with Gasteiger partial charge in [-0.25, -0.2) is 9.80 Å². The quantitative estimate of drug-likeness (QED) is 0.568. The molecule has 0 unspecified atom stereocenters. The van der Waals surface area contributed by atoms with Crippen LogP contribution in [-0.4, -0.2) is 46.4 Å². The molecule has 0 radical (unpaired) electrons. The van der Waals surface area contributed by atoms with Crippen LogP contribution in [0, 0.1) is 0 Å². The maximum absolute atomic E-state index is 12.0. The Bertz CT molecular complexity index is 231. The van der Waals surface area contributed by atoms with Gasteiger partial charge in [-0.05, 0) is 19.6 Å². The second-order valence-corrected chi connectivity index (χ2v) is 15.0. The lowest BCUT2D eigenvalue weighted by atomic mass is 11.1. The standard InChI is InChI=1S/C9H24N2O2Si2/c1-10(2)11(14(3,4)5)9(12)13-15(6,7)8/h1-8H3. The molecule has 0 heterocycles. The van der Waals surface area contributed by atoms with Gasteiger partial charge in [0.05, 0.1) is 0 Å². The summed E-state index contributed by atoms with van der Waals surface area (Å²) >= 11 is 0. The minimum absolute atomic E-state index is 0.196. The van der Waals surface area contributed by atoms with E-state index in [1.54, 1.807) is 4.67 Å². The van der Waals surface area contributed by atoms with Crippen molar-refractivity contribution in [2.75, 3.05) is 14.1 Å². The topological polar surface area (TPSA) is 32.8 Å². The monoisotopic (exact) mass is 248 g/mol. The van der Waals surface area contributed by atoms with Crippen molar-refractivity contribution >= 4 is 22.6 Å². The first kappa shape index (κ1) is 14.7. The van der Waals surface area contributed by atoms with Gasteiger partial charge < -0.3 is 4.43 Å². The summed E-state index contributed by atoms with van der Waals surface area (Å²) < 4.78 is 7.28. The fourth-order valence-corrected chi connectivity index (χ4v) is 3.84. The van der Waals surface area contributed by atoms with E-state index in [1.165, 1.54) is 0 Å². The molecule has 90 valence electrons. The van der Waals surface area contributed by atoms with Crippen molar-refractivity contribution in [2.24, 2.45) is 0 Å². The van der Waals surface area contributed by atoms with Gasteiger partial charge in [0.1, 0.15) is 0 Å². The molecule has 0 N–H and O–H groups in total. The minimum Gasteiger partial charge on any atom is -0.504 e. The molecule has 0 atom stereocenters. The van der Waals surface area contributed by atoms with E-state index in [0.717, 1.165) is 0 Å². The summed E-state index contributed by atoms with van der Waals surface area (Å²) in [6, 6.07) is 0. The Hall–Kier alpha value is -0.336. The zero-order valence-corrected chi connectivity index (χ0v) is 13.2. The van der Waals surface area contributed by atoms with Crippen LogP contribution in [0.1, 0.15) is 0 Å². The SMILES string of the molecule is CN(C)N(C(=O)O[Si](C)(C)C)[Si](C)(C)C. The highest BCUT2D eigenvalue weighted by Gasteiger charge is 2.34. The Morgan fingerprint density at radius 1 is 1.00 bits per heavy atom. The summed E-state index contributed by atoms with van der Waals surface area (Å²) in [5.74, 6) is 0. The zero-order chi connectivity index (χ0) is 12.4. The van der Waals surface area contributed by atoms with Crippen LogP contribution in [0.15, 0.2) is 0 Å². The summed E-state index contributed by atoms with van der Waals surface area (Å²) in [6.45, 7) is 12.4. The maximum Gasteiger partial charge on any atom is 0.402 e. The van der Waals surface area contributed by atoms with Crippen molar-refractivity contribution in [3.63, 3.8) is 0 Å². The number of amides is 1. The molecule has 0 aromatic rings. The van der Waals surface area contributed by atoms with Crippen LogP contribution in [-0.2, 0) is 4.43 Å². The van der Waals surface area contributed by atoms with Crippen molar-refractivity contribution in [1.29, 1.82) is 0 Å². The minimum atomic E-state index is -1.80. The van der Waals surface area contributed by atoms with Gasteiger partial charge in [0.2, 0.25) is 8.32 Å². The van der Waals surface area contributed by atoms with Crippen molar-refractivity contribution in [2.45, 2.75) is 39.3 Å². The van der Waals surface area contributed by atoms with Gasteiger partial charge in [0, 0.05) is 14.1 Å². The summed E-state index contributed by atoms with van der Waals surface area (Å²) in [5.41, 5.74) is 0. The first-order chi connectivity index (χ1) is 6.45. The summed E-state index contributed by atoms with van der Waals surface area (Å²) in [5, 5.41) is 1.83. The largest absolute Gasteiger partial charge is 0.504 e. The number of hydrazine groups is 1. The van der Waals surface area contributed by atoms with E-state index in [9.17, 15) is 4.79 Å². The van der Waals surface area contributed by atoms with Crippen LogP contribution in [0.5, 0.6) is 0 Å². The van der Waals surface area contributed by atoms with E-state index in [1.807, 2.05) is 38.7 Å². The van der Waals surface area contributed by atoms with Crippen LogP contribution >= 0.6 is 0 Å². The number of carbonyl (C=O) groups is 1. The lowest BCUT2D eigenvalue weighted by molar-refractivity contribution is 0.0944. The number of hydrogen-bond donors (Lipinski definition) is 0. The van der Waals surface area contributed by atoms with E-state index in [0.29, 0.717) is 0 Å². The maximum atomic E-state index is 12.0. The molecule has 0 aromatic heterocycles. The molecule has 0 saturated heterocycles. The molecule has 0 spiro atoms. The van der Waals surface area contributed by atoms with Gasteiger partial charge in [-0.3, -0.25) is 4.67 Å². The third kappa shape index (κ3) is 5.34. The second kappa shape index (κ2) is 4.67. The van der Waals surface area contributed by atoms with E-state index in [-0.39, 0.29) is 6.09 Å².